The molecule has 0 bridgehead atoms. The first kappa shape index (κ1) is 24.4. The van der Waals surface area contributed by atoms with Gasteiger partial charge in [-0.05, 0) is 50.0 Å². The van der Waals surface area contributed by atoms with Crippen LogP contribution in [0.4, 0.5) is 0 Å². The molecule has 0 atom stereocenters. The predicted octanol–water partition coefficient (Wildman–Crippen LogP) is 3.95. The average Bonchev–Trinajstić information content (AvgIpc) is 2.77. The lowest BCUT2D eigenvalue weighted by atomic mass is 10.1. The first-order valence-corrected chi connectivity index (χ1v) is 10.6. The van der Waals surface area contributed by atoms with Crippen LogP contribution in [0.1, 0.15) is 42.9 Å². The summed E-state index contributed by atoms with van der Waals surface area (Å²) in [7, 11) is 1.64. The van der Waals surface area contributed by atoms with E-state index in [-0.39, 0.29) is 24.0 Å². The molecule has 0 saturated carbocycles. The van der Waals surface area contributed by atoms with E-state index in [1.54, 1.807) is 13.3 Å². The summed E-state index contributed by atoms with van der Waals surface area (Å²) in [5, 5.41) is 6.66. The molecule has 3 rings (SSSR count). The number of aromatic nitrogens is 1. The highest BCUT2D eigenvalue weighted by atomic mass is 127. The van der Waals surface area contributed by atoms with Gasteiger partial charge < -0.3 is 15.4 Å². The minimum absolute atomic E-state index is 0. The van der Waals surface area contributed by atoms with E-state index in [0.29, 0.717) is 19.0 Å². The molecule has 0 amide bonds. The molecule has 0 spiro atoms. The zero-order valence-corrected chi connectivity index (χ0v) is 20.4. The van der Waals surface area contributed by atoms with Crippen molar-refractivity contribution in [3.63, 3.8) is 0 Å². The van der Waals surface area contributed by atoms with E-state index in [9.17, 15) is 0 Å². The zero-order valence-electron chi connectivity index (χ0n) is 18.1. The van der Waals surface area contributed by atoms with Gasteiger partial charge in [0.15, 0.2) is 5.96 Å². The number of hydrogen-bond acceptors (Lipinski definition) is 4. The highest BCUT2D eigenvalue weighted by Crippen LogP contribution is 2.14. The first-order chi connectivity index (χ1) is 14.3. The summed E-state index contributed by atoms with van der Waals surface area (Å²) in [5.41, 5.74) is 3.60. The zero-order chi connectivity index (χ0) is 20.3. The molecule has 1 saturated heterocycles. The second-order valence-electron chi connectivity index (χ2n) is 7.37. The number of rotatable bonds is 8. The fraction of sp³-hybridized carbons (Fsp3) is 0.478. The fourth-order valence-corrected chi connectivity index (χ4v) is 3.56. The number of nitrogens with one attached hydrogen (secondary N) is 2. The van der Waals surface area contributed by atoms with E-state index in [2.05, 4.69) is 51.7 Å². The molecule has 1 aromatic carbocycles. The third-order valence-electron chi connectivity index (χ3n) is 5.13. The van der Waals surface area contributed by atoms with E-state index in [1.165, 1.54) is 43.5 Å². The summed E-state index contributed by atoms with van der Waals surface area (Å²) in [6.07, 6.45) is 5.77. The van der Waals surface area contributed by atoms with E-state index in [1.807, 2.05) is 12.1 Å². The number of nitrogens with zero attached hydrogens (tertiary/aromatic N) is 3. The van der Waals surface area contributed by atoms with Crippen LogP contribution in [0.2, 0.25) is 0 Å². The molecule has 7 heteroatoms. The number of ether oxygens (including phenoxy) is 1. The SMILES string of the molecule is CCNC(=NCc1ccc(CN2CCCCC2)cc1)NCc1cccnc1OC.I. The molecule has 0 unspecified atom stereocenters. The number of pyridine rings is 1. The second kappa shape index (κ2) is 13.4. The van der Waals surface area contributed by atoms with E-state index >= 15 is 0 Å². The number of aliphatic imine (C=N–C) groups is 1. The van der Waals surface area contributed by atoms with Crippen molar-refractivity contribution in [3.8, 4) is 5.88 Å². The van der Waals surface area contributed by atoms with Gasteiger partial charge in [-0.2, -0.15) is 0 Å². The molecular weight excluding hydrogens is 489 g/mol. The van der Waals surface area contributed by atoms with Crippen LogP contribution in [0.5, 0.6) is 5.88 Å². The second-order valence-corrected chi connectivity index (χ2v) is 7.37. The van der Waals surface area contributed by atoms with Crippen LogP contribution in [0, 0.1) is 0 Å². The predicted molar refractivity (Wildman–Crippen MR) is 133 cm³/mol. The van der Waals surface area contributed by atoms with Gasteiger partial charge in [0, 0.05) is 31.4 Å². The van der Waals surface area contributed by atoms with E-state index < -0.39 is 0 Å². The van der Waals surface area contributed by atoms with Crippen LogP contribution in [-0.2, 0) is 19.6 Å². The van der Waals surface area contributed by atoms with Gasteiger partial charge in [0.25, 0.3) is 0 Å². The Morgan fingerprint density at radius 2 is 1.80 bits per heavy atom. The average molecular weight is 523 g/mol. The summed E-state index contributed by atoms with van der Waals surface area (Å²) in [6.45, 7) is 7.64. The lowest BCUT2D eigenvalue weighted by Gasteiger charge is -2.26. The lowest BCUT2D eigenvalue weighted by Crippen LogP contribution is -2.36. The third kappa shape index (κ3) is 7.75. The Hall–Kier alpha value is -1.87. The summed E-state index contributed by atoms with van der Waals surface area (Å²) < 4.78 is 5.32. The molecule has 2 aromatic rings. The van der Waals surface area contributed by atoms with Crippen LogP contribution < -0.4 is 15.4 Å². The largest absolute Gasteiger partial charge is 0.481 e. The first-order valence-electron chi connectivity index (χ1n) is 10.6. The van der Waals surface area contributed by atoms with Gasteiger partial charge in [0.1, 0.15) is 0 Å². The molecular formula is C23H34IN5O. The van der Waals surface area contributed by atoms with Crippen molar-refractivity contribution in [2.45, 2.75) is 45.8 Å². The summed E-state index contributed by atoms with van der Waals surface area (Å²) in [4.78, 5) is 11.5. The minimum Gasteiger partial charge on any atom is -0.481 e. The standard InChI is InChI=1S/C23H33N5O.HI/c1-3-24-23(27-17-21-8-7-13-25-22(21)29-2)26-16-19-9-11-20(12-10-19)18-28-14-5-4-6-15-28;/h7-13H,3-6,14-18H2,1-2H3,(H2,24,26,27);1H. The Balaban J connectivity index is 0.00000320. The number of benzene rings is 1. The van der Waals surface area contributed by atoms with E-state index in [0.717, 1.165) is 24.6 Å². The summed E-state index contributed by atoms with van der Waals surface area (Å²) in [6, 6.07) is 12.8. The Morgan fingerprint density at radius 1 is 1.07 bits per heavy atom. The minimum atomic E-state index is 0. The smallest absolute Gasteiger partial charge is 0.218 e. The van der Waals surface area contributed by atoms with Crippen LogP contribution in [0.3, 0.4) is 0 Å². The van der Waals surface area contributed by atoms with Gasteiger partial charge in [-0.3, -0.25) is 4.90 Å². The van der Waals surface area contributed by atoms with Crippen LogP contribution in [0.15, 0.2) is 47.6 Å². The van der Waals surface area contributed by atoms with Gasteiger partial charge in [-0.1, -0.05) is 36.8 Å². The molecule has 6 nitrogen and oxygen atoms in total. The Kier molecular flexibility index (Phi) is 10.9. The van der Waals surface area contributed by atoms with Gasteiger partial charge in [-0.25, -0.2) is 9.98 Å². The molecule has 2 heterocycles. The van der Waals surface area contributed by atoms with Crippen LogP contribution in [-0.4, -0.2) is 42.6 Å². The number of methoxy groups -OCH3 is 1. The number of likely N-dealkylation sites (tertiary alicyclic amines) is 1. The lowest BCUT2D eigenvalue weighted by molar-refractivity contribution is 0.221. The van der Waals surface area contributed by atoms with Crippen molar-refractivity contribution in [2.24, 2.45) is 4.99 Å². The van der Waals surface area contributed by atoms with Crippen molar-refractivity contribution in [1.82, 2.24) is 20.5 Å². The molecule has 30 heavy (non-hydrogen) atoms. The molecule has 1 aromatic heterocycles. The molecule has 1 aliphatic rings. The Labute approximate surface area is 197 Å². The molecule has 2 N–H and O–H groups in total. The van der Waals surface area contributed by atoms with Crippen molar-refractivity contribution in [2.75, 3.05) is 26.7 Å². The summed E-state index contributed by atoms with van der Waals surface area (Å²) >= 11 is 0. The molecule has 1 aliphatic heterocycles. The number of hydrogen-bond donors (Lipinski definition) is 2. The van der Waals surface area contributed by atoms with Crippen molar-refractivity contribution < 1.29 is 4.74 Å². The number of piperidine rings is 1. The highest BCUT2D eigenvalue weighted by molar-refractivity contribution is 14.0. The maximum Gasteiger partial charge on any atom is 0.218 e. The topological polar surface area (TPSA) is 61.8 Å². The normalized spacial score (nSPS) is 14.7. The Morgan fingerprint density at radius 3 is 2.50 bits per heavy atom. The van der Waals surface area contributed by atoms with Crippen molar-refractivity contribution in [3.05, 3.63) is 59.3 Å². The van der Waals surface area contributed by atoms with Gasteiger partial charge in [0.05, 0.1) is 13.7 Å². The molecule has 0 aliphatic carbocycles. The number of guanidine groups is 1. The van der Waals surface area contributed by atoms with Crippen molar-refractivity contribution in [1.29, 1.82) is 0 Å². The fourth-order valence-electron chi connectivity index (χ4n) is 3.56. The van der Waals surface area contributed by atoms with Crippen LogP contribution in [0.25, 0.3) is 0 Å². The number of halogens is 1. The molecule has 1 fully saturated rings. The molecule has 0 radical (unpaired) electrons. The van der Waals surface area contributed by atoms with Gasteiger partial charge >= 0.3 is 0 Å². The highest BCUT2D eigenvalue weighted by Gasteiger charge is 2.10. The van der Waals surface area contributed by atoms with Gasteiger partial charge in [0.2, 0.25) is 5.88 Å². The Bertz CT molecular complexity index is 775. The maximum atomic E-state index is 5.32. The monoisotopic (exact) mass is 523 g/mol. The van der Waals surface area contributed by atoms with Crippen molar-refractivity contribution >= 4 is 29.9 Å². The quantitative estimate of drug-likeness (QED) is 0.312. The van der Waals surface area contributed by atoms with E-state index in [4.69, 9.17) is 9.73 Å². The van der Waals surface area contributed by atoms with Gasteiger partial charge in [-0.15, -0.1) is 24.0 Å². The molecule has 164 valence electrons. The maximum absolute atomic E-state index is 5.32. The summed E-state index contributed by atoms with van der Waals surface area (Å²) in [5.74, 6) is 1.43. The van der Waals surface area contributed by atoms with Crippen LogP contribution >= 0.6 is 24.0 Å². The third-order valence-corrected chi connectivity index (χ3v) is 5.13.